The Balaban J connectivity index is 1.26. The van der Waals surface area contributed by atoms with Crippen LogP contribution in [0.1, 0.15) is 11.3 Å². The maximum absolute atomic E-state index is 13.2. The molecule has 0 aliphatic carbocycles. The largest absolute Gasteiger partial charge is 0.507 e. The SMILES string of the molecule is O=C(Cc1ccc(-c2ccc(OCCN3CCN(O)CC3)cc2O)cn1)NCc1cccc(F)c1. The minimum Gasteiger partial charge on any atom is -0.507 e. The molecule has 0 saturated carbocycles. The summed E-state index contributed by atoms with van der Waals surface area (Å²) >= 11 is 0. The highest BCUT2D eigenvalue weighted by Gasteiger charge is 2.15. The smallest absolute Gasteiger partial charge is 0.226 e. The Morgan fingerprint density at radius 1 is 1.09 bits per heavy atom. The number of halogens is 1. The lowest BCUT2D eigenvalue weighted by Gasteiger charge is -2.30. The zero-order valence-corrected chi connectivity index (χ0v) is 19.4. The highest BCUT2D eigenvalue weighted by molar-refractivity contribution is 5.78. The van der Waals surface area contributed by atoms with Gasteiger partial charge in [-0.3, -0.25) is 14.7 Å². The monoisotopic (exact) mass is 480 g/mol. The minimum absolute atomic E-state index is 0.0822. The molecule has 1 aliphatic rings. The van der Waals surface area contributed by atoms with Crippen molar-refractivity contribution in [3.63, 3.8) is 0 Å². The van der Waals surface area contributed by atoms with Crippen LogP contribution in [0.5, 0.6) is 11.5 Å². The highest BCUT2D eigenvalue weighted by atomic mass is 19.1. The Bertz CT molecular complexity index is 1130. The molecule has 0 bridgehead atoms. The Kier molecular flexibility index (Phi) is 8.25. The standard InChI is InChI=1S/C26H29FN4O4/c27-21-3-1-2-19(14-21)17-29-26(33)15-22-5-4-20(18-28-22)24-7-6-23(16-25(24)32)35-13-12-30-8-10-31(34)11-9-30/h1-7,14,16,18,32,34H,8-13,15,17H2,(H,29,33). The molecule has 2 aromatic carbocycles. The van der Waals surface area contributed by atoms with Crippen LogP contribution in [0.15, 0.2) is 60.8 Å². The van der Waals surface area contributed by atoms with E-state index >= 15 is 0 Å². The molecule has 0 unspecified atom stereocenters. The first-order valence-corrected chi connectivity index (χ1v) is 11.5. The normalized spacial score (nSPS) is 14.6. The lowest BCUT2D eigenvalue weighted by atomic mass is 10.1. The number of benzene rings is 2. The molecular formula is C26H29FN4O4. The predicted octanol–water partition coefficient (Wildman–Crippen LogP) is 2.84. The van der Waals surface area contributed by atoms with Gasteiger partial charge in [0.15, 0.2) is 0 Å². The summed E-state index contributed by atoms with van der Waals surface area (Å²) in [6.07, 6.45) is 1.72. The average molecular weight is 481 g/mol. The Labute approximate surface area is 203 Å². The van der Waals surface area contributed by atoms with E-state index in [4.69, 9.17) is 4.74 Å². The van der Waals surface area contributed by atoms with E-state index in [9.17, 15) is 19.5 Å². The van der Waals surface area contributed by atoms with Gasteiger partial charge in [0.25, 0.3) is 0 Å². The number of carbonyl (C=O) groups is 1. The van der Waals surface area contributed by atoms with Gasteiger partial charge in [-0.05, 0) is 35.9 Å². The second kappa shape index (κ2) is 11.7. The van der Waals surface area contributed by atoms with E-state index in [0.29, 0.717) is 42.3 Å². The maximum atomic E-state index is 13.2. The molecule has 1 aromatic heterocycles. The van der Waals surface area contributed by atoms with Crippen molar-refractivity contribution in [1.29, 1.82) is 0 Å². The Morgan fingerprint density at radius 3 is 2.63 bits per heavy atom. The average Bonchev–Trinajstić information content (AvgIpc) is 2.85. The molecule has 1 aliphatic heterocycles. The first kappa shape index (κ1) is 24.6. The van der Waals surface area contributed by atoms with Crippen LogP contribution in [0, 0.1) is 5.82 Å². The molecule has 184 valence electrons. The number of carbonyl (C=O) groups excluding carboxylic acids is 1. The fraction of sp³-hybridized carbons (Fsp3) is 0.308. The van der Waals surface area contributed by atoms with Crippen molar-refractivity contribution in [2.24, 2.45) is 0 Å². The number of nitrogens with zero attached hydrogens (tertiary/aromatic N) is 3. The molecule has 1 amide bonds. The number of rotatable bonds is 9. The third kappa shape index (κ3) is 7.22. The molecule has 1 saturated heterocycles. The first-order valence-electron chi connectivity index (χ1n) is 11.5. The number of hydrogen-bond donors (Lipinski definition) is 3. The van der Waals surface area contributed by atoms with E-state index in [1.165, 1.54) is 17.2 Å². The lowest BCUT2D eigenvalue weighted by Crippen LogP contribution is -2.45. The Hall–Kier alpha value is -3.53. The van der Waals surface area contributed by atoms with Gasteiger partial charge in [-0.1, -0.05) is 18.2 Å². The van der Waals surface area contributed by atoms with E-state index in [2.05, 4.69) is 15.2 Å². The van der Waals surface area contributed by atoms with Crippen molar-refractivity contribution in [2.45, 2.75) is 13.0 Å². The molecule has 3 aromatic rings. The van der Waals surface area contributed by atoms with Crippen LogP contribution < -0.4 is 10.1 Å². The number of amides is 1. The molecular weight excluding hydrogens is 451 g/mol. The Morgan fingerprint density at radius 2 is 1.91 bits per heavy atom. The van der Waals surface area contributed by atoms with Gasteiger partial charge in [0, 0.05) is 68.4 Å². The van der Waals surface area contributed by atoms with Crippen LogP contribution in [0.25, 0.3) is 11.1 Å². The van der Waals surface area contributed by atoms with Crippen molar-refractivity contribution >= 4 is 5.91 Å². The van der Waals surface area contributed by atoms with Gasteiger partial charge in [0.05, 0.1) is 6.42 Å². The number of hydroxylamine groups is 2. The molecule has 2 heterocycles. The fourth-order valence-electron chi connectivity index (χ4n) is 3.86. The summed E-state index contributed by atoms with van der Waals surface area (Å²) in [6.45, 7) is 4.32. The number of aromatic nitrogens is 1. The van der Waals surface area contributed by atoms with Crippen molar-refractivity contribution in [1.82, 2.24) is 20.3 Å². The molecule has 9 heteroatoms. The maximum Gasteiger partial charge on any atom is 0.226 e. The van der Waals surface area contributed by atoms with Crippen molar-refractivity contribution < 1.29 is 24.2 Å². The van der Waals surface area contributed by atoms with Crippen LogP contribution >= 0.6 is 0 Å². The van der Waals surface area contributed by atoms with Gasteiger partial charge < -0.3 is 20.4 Å². The highest BCUT2D eigenvalue weighted by Crippen LogP contribution is 2.32. The zero-order chi connectivity index (χ0) is 24.6. The van der Waals surface area contributed by atoms with Gasteiger partial charge in [0.2, 0.25) is 5.91 Å². The van der Waals surface area contributed by atoms with E-state index in [1.807, 2.05) is 0 Å². The number of piperazine rings is 1. The quantitative estimate of drug-likeness (QED) is 0.433. The van der Waals surface area contributed by atoms with Crippen molar-refractivity contribution in [2.75, 3.05) is 39.3 Å². The summed E-state index contributed by atoms with van der Waals surface area (Å²) in [6, 6.07) is 14.8. The summed E-state index contributed by atoms with van der Waals surface area (Å²) < 4.78 is 19.0. The number of aromatic hydroxyl groups is 1. The van der Waals surface area contributed by atoms with Gasteiger partial charge >= 0.3 is 0 Å². The van der Waals surface area contributed by atoms with E-state index in [1.54, 1.807) is 48.7 Å². The number of hydrogen-bond acceptors (Lipinski definition) is 7. The molecule has 8 nitrogen and oxygen atoms in total. The summed E-state index contributed by atoms with van der Waals surface area (Å²) in [5.74, 6) is 0.108. The van der Waals surface area contributed by atoms with E-state index in [-0.39, 0.29) is 30.4 Å². The lowest BCUT2D eigenvalue weighted by molar-refractivity contribution is -0.120. The second-order valence-electron chi connectivity index (χ2n) is 8.44. The number of pyridine rings is 1. The molecule has 3 N–H and O–H groups in total. The summed E-state index contributed by atoms with van der Waals surface area (Å²) in [5.41, 5.74) is 2.62. The number of ether oxygens (including phenoxy) is 1. The summed E-state index contributed by atoms with van der Waals surface area (Å²) in [5, 5.41) is 24.0. The van der Waals surface area contributed by atoms with Crippen LogP contribution in [-0.2, 0) is 17.8 Å². The minimum atomic E-state index is -0.339. The van der Waals surface area contributed by atoms with Crippen LogP contribution in [0.4, 0.5) is 4.39 Å². The fourth-order valence-corrected chi connectivity index (χ4v) is 3.86. The van der Waals surface area contributed by atoms with Crippen LogP contribution in [0.3, 0.4) is 0 Å². The van der Waals surface area contributed by atoms with Crippen molar-refractivity contribution in [3.05, 3.63) is 77.9 Å². The number of phenols is 1. The van der Waals surface area contributed by atoms with Crippen LogP contribution in [-0.4, -0.2) is 70.5 Å². The van der Waals surface area contributed by atoms with E-state index in [0.717, 1.165) is 25.2 Å². The second-order valence-corrected chi connectivity index (χ2v) is 8.44. The van der Waals surface area contributed by atoms with Gasteiger partial charge in [-0.2, -0.15) is 5.06 Å². The first-order chi connectivity index (χ1) is 17.0. The third-order valence-electron chi connectivity index (χ3n) is 5.85. The molecule has 0 atom stereocenters. The van der Waals surface area contributed by atoms with Gasteiger partial charge in [0.1, 0.15) is 23.9 Å². The topological polar surface area (TPSA) is 98.2 Å². The summed E-state index contributed by atoms with van der Waals surface area (Å²) in [4.78, 5) is 18.8. The number of nitrogens with one attached hydrogen (secondary N) is 1. The van der Waals surface area contributed by atoms with Gasteiger partial charge in [-0.25, -0.2) is 4.39 Å². The molecule has 0 radical (unpaired) electrons. The summed E-state index contributed by atoms with van der Waals surface area (Å²) in [7, 11) is 0. The van der Waals surface area contributed by atoms with E-state index < -0.39 is 0 Å². The number of phenolic OH excluding ortho intramolecular Hbond substituents is 1. The van der Waals surface area contributed by atoms with Crippen LogP contribution in [0.2, 0.25) is 0 Å². The molecule has 0 spiro atoms. The predicted molar refractivity (Wildman–Crippen MR) is 129 cm³/mol. The third-order valence-corrected chi connectivity index (χ3v) is 5.85. The molecule has 1 fully saturated rings. The van der Waals surface area contributed by atoms with Crippen molar-refractivity contribution in [3.8, 4) is 22.6 Å². The zero-order valence-electron chi connectivity index (χ0n) is 19.4. The molecule has 35 heavy (non-hydrogen) atoms. The van der Waals surface area contributed by atoms with Gasteiger partial charge in [-0.15, -0.1) is 0 Å². The molecule has 4 rings (SSSR count).